The summed E-state index contributed by atoms with van der Waals surface area (Å²) in [6.07, 6.45) is 4.06. The molecule has 0 rings (SSSR count). The second-order valence-electron chi connectivity index (χ2n) is 8.61. The molecule has 7 heteroatoms. The lowest BCUT2D eigenvalue weighted by atomic mass is 10.1. The minimum atomic E-state index is -1.01. The highest BCUT2D eigenvalue weighted by molar-refractivity contribution is 5.67. The lowest BCUT2D eigenvalue weighted by molar-refractivity contribution is -0.885. The molecular formula is C19H40N3O4+. The zero-order valence-electron chi connectivity index (χ0n) is 17.7. The molecule has 0 aliphatic heterocycles. The molecule has 0 unspecified atom stereocenters. The first-order valence-corrected chi connectivity index (χ1v) is 9.72. The van der Waals surface area contributed by atoms with Crippen molar-refractivity contribution in [2.45, 2.75) is 45.6 Å². The summed E-state index contributed by atoms with van der Waals surface area (Å²) in [5.74, 6) is -1.77. The van der Waals surface area contributed by atoms with Crippen LogP contribution >= 0.6 is 0 Å². The van der Waals surface area contributed by atoms with E-state index in [0.717, 1.165) is 51.9 Å². The molecule has 0 fully saturated rings. The van der Waals surface area contributed by atoms with Crippen molar-refractivity contribution < 1.29 is 28.8 Å². The van der Waals surface area contributed by atoms with Gasteiger partial charge in [-0.1, -0.05) is 13.8 Å². The van der Waals surface area contributed by atoms with Crippen LogP contribution in [0.2, 0.25) is 0 Å². The summed E-state index contributed by atoms with van der Waals surface area (Å²) in [6, 6.07) is 0.516. The number of hydrogen-bond donors (Lipinski definition) is 1. The largest absolute Gasteiger partial charge is 0.544 e. The number of aliphatic carboxylic acids is 2. The maximum absolute atomic E-state index is 11.0. The fraction of sp³-hybridized carbons (Fsp3) is 0.895. The van der Waals surface area contributed by atoms with Gasteiger partial charge in [-0.2, -0.15) is 0 Å². The third-order valence-electron chi connectivity index (χ3n) is 5.00. The Morgan fingerprint density at radius 2 is 1.35 bits per heavy atom. The van der Waals surface area contributed by atoms with Gasteiger partial charge < -0.3 is 24.0 Å². The van der Waals surface area contributed by atoms with Crippen molar-refractivity contribution in [2.75, 3.05) is 67.5 Å². The van der Waals surface area contributed by atoms with E-state index in [0.29, 0.717) is 15.0 Å². The van der Waals surface area contributed by atoms with Crippen LogP contribution in [-0.4, -0.2) is 104 Å². The van der Waals surface area contributed by atoms with Crippen molar-refractivity contribution in [3.8, 4) is 0 Å². The molecule has 0 aliphatic rings. The predicted molar refractivity (Wildman–Crippen MR) is 102 cm³/mol. The average molecular weight is 375 g/mol. The smallest absolute Gasteiger partial charge is 0.359 e. The van der Waals surface area contributed by atoms with E-state index in [1.165, 1.54) is 0 Å². The molecule has 0 aromatic heterocycles. The second-order valence-corrected chi connectivity index (χ2v) is 8.61. The van der Waals surface area contributed by atoms with Gasteiger partial charge in [0.15, 0.2) is 6.54 Å². The number of nitrogens with zero attached hydrogens (tertiary/aromatic N) is 3. The van der Waals surface area contributed by atoms with Crippen molar-refractivity contribution in [1.82, 2.24) is 4.90 Å². The molecule has 0 saturated heterocycles. The van der Waals surface area contributed by atoms with Gasteiger partial charge >= 0.3 is 5.97 Å². The first-order chi connectivity index (χ1) is 11.9. The van der Waals surface area contributed by atoms with Gasteiger partial charge in [-0.3, -0.25) is 4.90 Å². The van der Waals surface area contributed by atoms with Crippen LogP contribution in [0.25, 0.3) is 0 Å². The molecule has 0 spiro atoms. The van der Waals surface area contributed by atoms with Crippen molar-refractivity contribution in [2.24, 2.45) is 0 Å². The molecule has 0 aromatic rings. The van der Waals surface area contributed by atoms with Crippen LogP contribution in [0.3, 0.4) is 0 Å². The van der Waals surface area contributed by atoms with E-state index in [9.17, 15) is 14.7 Å². The van der Waals surface area contributed by atoms with Crippen LogP contribution in [-0.2, 0) is 9.59 Å². The molecule has 1 N–H and O–H groups in total. The molecular weight excluding hydrogens is 334 g/mol. The summed E-state index contributed by atoms with van der Waals surface area (Å²) in [5.41, 5.74) is 0. The van der Waals surface area contributed by atoms with Crippen LogP contribution in [0.15, 0.2) is 0 Å². The molecule has 0 atom stereocenters. The Bertz CT molecular complexity index is 401. The van der Waals surface area contributed by atoms with Gasteiger partial charge in [0.1, 0.15) is 6.54 Å². The van der Waals surface area contributed by atoms with Gasteiger partial charge in [0.05, 0.1) is 47.2 Å². The van der Waals surface area contributed by atoms with Gasteiger partial charge in [-0.05, 0) is 12.8 Å². The fourth-order valence-electron chi connectivity index (χ4n) is 3.56. The number of carboxylic acid groups (broad SMARTS) is 2. The highest BCUT2D eigenvalue weighted by Crippen LogP contribution is 2.12. The molecule has 26 heavy (non-hydrogen) atoms. The highest BCUT2D eigenvalue weighted by Gasteiger charge is 2.22. The van der Waals surface area contributed by atoms with Crippen LogP contribution in [0.1, 0.15) is 39.5 Å². The quantitative estimate of drug-likeness (QED) is 0.416. The van der Waals surface area contributed by atoms with E-state index in [-0.39, 0.29) is 13.1 Å². The first kappa shape index (κ1) is 24.8. The molecule has 0 radical (unpaired) electrons. The molecule has 0 aliphatic carbocycles. The van der Waals surface area contributed by atoms with Crippen LogP contribution in [0.5, 0.6) is 0 Å². The lowest BCUT2D eigenvalue weighted by Crippen LogP contribution is -2.49. The maximum Gasteiger partial charge on any atom is 0.359 e. The third-order valence-corrected chi connectivity index (χ3v) is 5.00. The number of carbonyl (C=O) groups is 2. The van der Waals surface area contributed by atoms with E-state index >= 15 is 0 Å². The molecule has 0 heterocycles. The number of carbonyl (C=O) groups excluding carboxylic acids is 1. The van der Waals surface area contributed by atoms with E-state index < -0.39 is 11.9 Å². The predicted octanol–water partition coefficient (Wildman–Crippen LogP) is 0.245. The molecule has 0 aromatic carbocycles. The summed E-state index contributed by atoms with van der Waals surface area (Å²) in [4.78, 5) is 24.3. The zero-order valence-corrected chi connectivity index (χ0v) is 17.7. The first-order valence-electron chi connectivity index (χ1n) is 9.72. The second kappa shape index (κ2) is 11.5. The van der Waals surface area contributed by atoms with Crippen LogP contribution < -0.4 is 5.11 Å². The number of rotatable bonds is 15. The van der Waals surface area contributed by atoms with Crippen LogP contribution in [0, 0.1) is 0 Å². The Labute approximate surface area is 159 Å². The Balaban J connectivity index is 4.58. The highest BCUT2D eigenvalue weighted by atomic mass is 16.4. The molecule has 0 saturated carbocycles. The van der Waals surface area contributed by atoms with Crippen LogP contribution in [0.4, 0.5) is 0 Å². The Kier molecular flexibility index (Phi) is 11.0. The van der Waals surface area contributed by atoms with Gasteiger partial charge in [0.2, 0.25) is 0 Å². The number of likely N-dealkylation sites (N-methyl/N-ethyl adjacent to an activating group) is 2. The molecule has 0 bridgehead atoms. The zero-order chi connectivity index (χ0) is 20.4. The van der Waals surface area contributed by atoms with Crippen molar-refractivity contribution >= 4 is 11.9 Å². The van der Waals surface area contributed by atoms with Gasteiger partial charge in [-0.15, -0.1) is 0 Å². The van der Waals surface area contributed by atoms with E-state index in [2.05, 4.69) is 18.7 Å². The Hall–Kier alpha value is -1.18. The maximum atomic E-state index is 11.0. The standard InChI is InChI=1S/C19H39N3O4/c1-7-17(8-2)20(11-9-13-21(3,4)15-18(23)24)12-10-14-22(5,6)16-19(25)26/h17H,7-16H2,1-6H3/p+1. The number of carboxylic acids is 2. The SMILES string of the molecule is CCC(CC)N(CCC[N+](C)(C)CC(=O)[O-])CCC[N+](C)(C)CC(=O)O. The summed E-state index contributed by atoms with van der Waals surface area (Å²) in [7, 11) is 7.75. The third kappa shape index (κ3) is 11.4. The summed E-state index contributed by atoms with van der Waals surface area (Å²) in [6.45, 7) is 8.07. The van der Waals surface area contributed by atoms with E-state index in [4.69, 9.17) is 5.11 Å². The van der Waals surface area contributed by atoms with Crippen molar-refractivity contribution in [3.63, 3.8) is 0 Å². The molecule has 7 nitrogen and oxygen atoms in total. The van der Waals surface area contributed by atoms with E-state index in [1.54, 1.807) is 0 Å². The normalized spacial score (nSPS) is 12.8. The molecule has 154 valence electrons. The summed E-state index contributed by atoms with van der Waals surface area (Å²) in [5, 5.41) is 19.8. The lowest BCUT2D eigenvalue weighted by Gasteiger charge is -2.35. The average Bonchev–Trinajstić information content (AvgIpc) is 2.44. The minimum Gasteiger partial charge on any atom is -0.544 e. The summed E-state index contributed by atoms with van der Waals surface area (Å²) < 4.78 is 0.920. The Morgan fingerprint density at radius 1 is 0.923 bits per heavy atom. The number of hydrogen-bond acceptors (Lipinski definition) is 4. The Morgan fingerprint density at radius 3 is 1.69 bits per heavy atom. The monoisotopic (exact) mass is 374 g/mol. The van der Waals surface area contributed by atoms with Gasteiger partial charge in [0.25, 0.3) is 0 Å². The van der Waals surface area contributed by atoms with Gasteiger partial charge in [0, 0.05) is 32.0 Å². The number of quaternary nitrogens is 2. The molecule has 0 amide bonds. The minimum absolute atomic E-state index is 0.0336. The van der Waals surface area contributed by atoms with Gasteiger partial charge in [-0.25, -0.2) is 4.79 Å². The topological polar surface area (TPSA) is 80.7 Å². The summed E-state index contributed by atoms with van der Waals surface area (Å²) >= 11 is 0. The van der Waals surface area contributed by atoms with Crippen molar-refractivity contribution in [3.05, 3.63) is 0 Å². The van der Waals surface area contributed by atoms with E-state index in [1.807, 2.05) is 28.2 Å². The fourth-order valence-corrected chi connectivity index (χ4v) is 3.56. The van der Waals surface area contributed by atoms with Crippen molar-refractivity contribution in [1.29, 1.82) is 0 Å².